The van der Waals surface area contributed by atoms with Crippen LogP contribution in [-0.2, 0) is 19.9 Å². The third-order valence-corrected chi connectivity index (χ3v) is 3.74. The van der Waals surface area contributed by atoms with Gasteiger partial charge in [0.25, 0.3) is 0 Å². The SMILES string of the molecule is CCCc1c(CC)c2cc(C)c(C#N)cc2n1C. The summed E-state index contributed by atoms with van der Waals surface area (Å²) in [4.78, 5) is 0. The van der Waals surface area contributed by atoms with Gasteiger partial charge in [-0.3, -0.25) is 0 Å². The van der Waals surface area contributed by atoms with E-state index in [0.29, 0.717) is 0 Å². The van der Waals surface area contributed by atoms with Gasteiger partial charge in [-0.05, 0) is 43.0 Å². The minimum absolute atomic E-state index is 0.786. The first-order chi connectivity index (χ1) is 8.63. The molecule has 0 saturated heterocycles. The van der Waals surface area contributed by atoms with Crippen molar-refractivity contribution in [3.05, 3.63) is 34.5 Å². The van der Waals surface area contributed by atoms with Crippen molar-refractivity contribution in [2.75, 3.05) is 0 Å². The Bertz CT molecular complexity index is 627. The Morgan fingerprint density at radius 1 is 1.28 bits per heavy atom. The van der Waals surface area contributed by atoms with Crippen molar-refractivity contribution < 1.29 is 0 Å². The number of nitriles is 1. The van der Waals surface area contributed by atoms with Crippen LogP contribution in [0.4, 0.5) is 0 Å². The molecule has 0 aliphatic rings. The first kappa shape index (κ1) is 12.7. The lowest BCUT2D eigenvalue weighted by Crippen LogP contribution is -1.98. The molecule has 0 fully saturated rings. The molecule has 0 aliphatic carbocycles. The Labute approximate surface area is 109 Å². The number of aromatic nitrogens is 1. The smallest absolute Gasteiger partial charge is 0.0995 e. The van der Waals surface area contributed by atoms with E-state index in [2.05, 4.69) is 37.6 Å². The molecule has 0 unspecified atom stereocenters. The van der Waals surface area contributed by atoms with Crippen LogP contribution in [-0.4, -0.2) is 4.57 Å². The van der Waals surface area contributed by atoms with E-state index < -0.39 is 0 Å². The van der Waals surface area contributed by atoms with Crippen molar-refractivity contribution in [2.45, 2.75) is 40.0 Å². The molecule has 0 N–H and O–H groups in total. The van der Waals surface area contributed by atoms with E-state index in [9.17, 15) is 0 Å². The topological polar surface area (TPSA) is 28.7 Å². The van der Waals surface area contributed by atoms with Crippen LogP contribution in [0.25, 0.3) is 10.9 Å². The Hall–Kier alpha value is -1.75. The number of rotatable bonds is 3. The highest BCUT2D eigenvalue weighted by Crippen LogP contribution is 2.29. The molecule has 1 heterocycles. The van der Waals surface area contributed by atoms with Gasteiger partial charge in [0.2, 0.25) is 0 Å². The van der Waals surface area contributed by atoms with E-state index in [0.717, 1.165) is 30.4 Å². The lowest BCUT2D eigenvalue weighted by atomic mass is 10.0. The van der Waals surface area contributed by atoms with E-state index >= 15 is 0 Å². The van der Waals surface area contributed by atoms with Crippen LogP contribution in [0.2, 0.25) is 0 Å². The Balaban J connectivity index is 2.81. The van der Waals surface area contributed by atoms with E-state index in [4.69, 9.17) is 5.26 Å². The lowest BCUT2D eigenvalue weighted by Gasteiger charge is -2.04. The number of hydrogen-bond donors (Lipinski definition) is 0. The van der Waals surface area contributed by atoms with Gasteiger partial charge in [-0.15, -0.1) is 0 Å². The standard InChI is InChI=1S/C16H20N2/c1-5-7-15-13(6-2)14-8-11(3)12(10-17)9-16(14)18(15)4/h8-9H,5-7H2,1-4H3. The second-order valence-corrected chi connectivity index (χ2v) is 4.88. The summed E-state index contributed by atoms with van der Waals surface area (Å²) in [6.07, 6.45) is 3.31. The first-order valence-electron chi connectivity index (χ1n) is 6.64. The second kappa shape index (κ2) is 4.86. The Morgan fingerprint density at radius 2 is 2.00 bits per heavy atom. The highest BCUT2D eigenvalue weighted by Gasteiger charge is 2.14. The molecule has 2 heteroatoms. The third-order valence-electron chi connectivity index (χ3n) is 3.74. The molecule has 94 valence electrons. The van der Waals surface area contributed by atoms with E-state index in [-0.39, 0.29) is 0 Å². The van der Waals surface area contributed by atoms with Crippen molar-refractivity contribution in [3.63, 3.8) is 0 Å². The second-order valence-electron chi connectivity index (χ2n) is 4.88. The molecule has 18 heavy (non-hydrogen) atoms. The van der Waals surface area contributed by atoms with Crippen molar-refractivity contribution in [3.8, 4) is 6.07 Å². The average Bonchev–Trinajstić information content (AvgIpc) is 2.61. The van der Waals surface area contributed by atoms with Crippen LogP contribution < -0.4 is 0 Å². The summed E-state index contributed by atoms with van der Waals surface area (Å²) in [6, 6.07) is 6.48. The summed E-state index contributed by atoms with van der Waals surface area (Å²) in [6.45, 7) is 6.44. The average molecular weight is 240 g/mol. The summed E-state index contributed by atoms with van der Waals surface area (Å²) in [5.41, 5.74) is 5.92. The first-order valence-corrected chi connectivity index (χ1v) is 6.64. The fraction of sp³-hybridized carbons (Fsp3) is 0.438. The molecule has 0 spiro atoms. The molecular formula is C16H20N2. The van der Waals surface area contributed by atoms with E-state index in [1.165, 1.54) is 22.2 Å². The lowest BCUT2D eigenvalue weighted by molar-refractivity contribution is 0.790. The summed E-state index contributed by atoms with van der Waals surface area (Å²) in [5, 5.41) is 10.5. The fourth-order valence-electron chi connectivity index (χ4n) is 2.79. The summed E-state index contributed by atoms with van der Waals surface area (Å²) in [5.74, 6) is 0. The minimum atomic E-state index is 0.786. The van der Waals surface area contributed by atoms with Gasteiger partial charge in [-0.2, -0.15) is 5.26 Å². The molecule has 0 bridgehead atoms. The van der Waals surface area contributed by atoms with Crippen molar-refractivity contribution in [1.82, 2.24) is 4.57 Å². The number of fused-ring (bicyclic) bond motifs is 1. The van der Waals surface area contributed by atoms with Crippen LogP contribution in [0.15, 0.2) is 12.1 Å². The van der Waals surface area contributed by atoms with Crippen molar-refractivity contribution >= 4 is 10.9 Å². The van der Waals surface area contributed by atoms with Gasteiger partial charge in [0.15, 0.2) is 0 Å². The van der Waals surface area contributed by atoms with E-state index in [1.807, 2.05) is 13.0 Å². The molecule has 0 saturated carbocycles. The van der Waals surface area contributed by atoms with Crippen LogP contribution in [0.3, 0.4) is 0 Å². The zero-order valence-electron chi connectivity index (χ0n) is 11.7. The molecule has 2 aromatic rings. The molecule has 0 aliphatic heterocycles. The van der Waals surface area contributed by atoms with Gasteiger partial charge in [0.05, 0.1) is 11.6 Å². The van der Waals surface area contributed by atoms with Gasteiger partial charge < -0.3 is 4.57 Å². The van der Waals surface area contributed by atoms with Gasteiger partial charge in [0.1, 0.15) is 0 Å². The van der Waals surface area contributed by atoms with Crippen LogP contribution in [0.1, 0.15) is 42.7 Å². The molecule has 0 radical (unpaired) electrons. The predicted molar refractivity (Wildman–Crippen MR) is 75.7 cm³/mol. The molecule has 1 aromatic carbocycles. The summed E-state index contributed by atoms with van der Waals surface area (Å²) in [7, 11) is 2.11. The largest absolute Gasteiger partial charge is 0.347 e. The third kappa shape index (κ3) is 1.80. The number of nitrogens with zero attached hydrogens (tertiary/aromatic N) is 2. The normalized spacial score (nSPS) is 10.8. The monoisotopic (exact) mass is 240 g/mol. The zero-order chi connectivity index (χ0) is 13.3. The molecule has 0 amide bonds. The summed E-state index contributed by atoms with van der Waals surface area (Å²) < 4.78 is 2.26. The van der Waals surface area contributed by atoms with Gasteiger partial charge >= 0.3 is 0 Å². The molecule has 1 aromatic heterocycles. The molecule has 2 rings (SSSR count). The van der Waals surface area contributed by atoms with Gasteiger partial charge in [-0.1, -0.05) is 20.3 Å². The Kier molecular flexibility index (Phi) is 3.43. The van der Waals surface area contributed by atoms with Crippen LogP contribution in [0, 0.1) is 18.3 Å². The zero-order valence-corrected chi connectivity index (χ0v) is 11.7. The number of aryl methyl sites for hydroxylation is 3. The fourth-order valence-corrected chi connectivity index (χ4v) is 2.79. The van der Waals surface area contributed by atoms with Gasteiger partial charge in [-0.25, -0.2) is 0 Å². The molecule has 2 nitrogen and oxygen atoms in total. The number of hydrogen-bond acceptors (Lipinski definition) is 1. The minimum Gasteiger partial charge on any atom is -0.347 e. The van der Waals surface area contributed by atoms with Crippen LogP contribution >= 0.6 is 0 Å². The molecular weight excluding hydrogens is 220 g/mol. The Morgan fingerprint density at radius 3 is 2.56 bits per heavy atom. The highest BCUT2D eigenvalue weighted by molar-refractivity contribution is 5.87. The van der Waals surface area contributed by atoms with Crippen molar-refractivity contribution in [2.24, 2.45) is 7.05 Å². The van der Waals surface area contributed by atoms with Crippen molar-refractivity contribution in [1.29, 1.82) is 5.26 Å². The maximum absolute atomic E-state index is 9.15. The summed E-state index contributed by atoms with van der Waals surface area (Å²) >= 11 is 0. The quantitative estimate of drug-likeness (QED) is 0.800. The van der Waals surface area contributed by atoms with E-state index in [1.54, 1.807) is 0 Å². The highest BCUT2D eigenvalue weighted by atomic mass is 14.9. The number of benzene rings is 1. The maximum Gasteiger partial charge on any atom is 0.0995 e. The van der Waals surface area contributed by atoms with Gasteiger partial charge in [0, 0.05) is 23.6 Å². The maximum atomic E-state index is 9.15. The molecule has 0 atom stereocenters. The predicted octanol–water partition coefficient (Wildman–Crippen LogP) is 3.87. The van der Waals surface area contributed by atoms with Crippen LogP contribution in [0.5, 0.6) is 0 Å².